The van der Waals surface area contributed by atoms with Crippen LogP contribution in [0.1, 0.15) is 21.5 Å². The van der Waals surface area contributed by atoms with Crippen LogP contribution >= 0.6 is 11.6 Å². The van der Waals surface area contributed by atoms with E-state index in [0.29, 0.717) is 5.69 Å². The van der Waals surface area contributed by atoms with Gasteiger partial charge in [-0.2, -0.15) is 0 Å². The van der Waals surface area contributed by atoms with E-state index in [9.17, 15) is 24.6 Å². The fourth-order valence-electron chi connectivity index (χ4n) is 3.76. The first-order valence-electron chi connectivity index (χ1n) is 11.0. The van der Waals surface area contributed by atoms with Crippen molar-refractivity contribution in [2.45, 2.75) is 19.0 Å². The highest BCUT2D eigenvalue weighted by Crippen LogP contribution is 2.23. The zero-order valence-electron chi connectivity index (χ0n) is 18.9. The highest BCUT2D eigenvalue weighted by Gasteiger charge is 2.23. The molecule has 4 aromatic rings. The van der Waals surface area contributed by atoms with Gasteiger partial charge in [0, 0.05) is 35.8 Å². The number of amides is 3. The predicted molar refractivity (Wildman–Crippen MR) is 136 cm³/mol. The lowest BCUT2D eigenvalue weighted by Crippen LogP contribution is -2.42. The van der Waals surface area contributed by atoms with Gasteiger partial charge in [-0.1, -0.05) is 41.9 Å². The Bertz CT molecular complexity index is 1430. The van der Waals surface area contributed by atoms with Gasteiger partial charge in [-0.15, -0.1) is 0 Å². The molecule has 184 valence electrons. The van der Waals surface area contributed by atoms with Crippen LogP contribution in [0.5, 0.6) is 5.75 Å². The number of para-hydroxylation sites is 1. The van der Waals surface area contributed by atoms with Gasteiger partial charge in [-0.25, -0.2) is 9.59 Å². The number of carboxylic acid groups (broad SMARTS) is 1. The minimum atomic E-state index is -1.17. The number of fused-ring (bicyclic) bond motifs is 1. The number of carboxylic acids is 1. The number of hydrogen-bond donors (Lipinski definition) is 6. The number of rotatable bonds is 8. The van der Waals surface area contributed by atoms with Crippen LogP contribution < -0.4 is 16.0 Å². The molecule has 1 heterocycles. The molecule has 0 aliphatic rings. The lowest BCUT2D eigenvalue weighted by Gasteiger charge is -2.15. The van der Waals surface area contributed by atoms with Gasteiger partial charge in [0.2, 0.25) is 0 Å². The Kier molecular flexibility index (Phi) is 7.41. The molecule has 10 heteroatoms. The summed E-state index contributed by atoms with van der Waals surface area (Å²) >= 11 is 6.27. The Morgan fingerprint density at radius 2 is 1.81 bits per heavy atom. The van der Waals surface area contributed by atoms with E-state index in [1.165, 1.54) is 30.3 Å². The number of aromatic amines is 1. The van der Waals surface area contributed by atoms with Crippen LogP contribution in [-0.2, 0) is 17.8 Å². The number of aromatic hydroxyl groups is 1. The first kappa shape index (κ1) is 24.6. The van der Waals surface area contributed by atoms with Crippen LogP contribution in [0.3, 0.4) is 0 Å². The number of anilines is 1. The number of hydrogen-bond acceptors (Lipinski definition) is 4. The van der Waals surface area contributed by atoms with Crippen LogP contribution in [-0.4, -0.2) is 39.1 Å². The minimum Gasteiger partial charge on any atom is -0.508 e. The van der Waals surface area contributed by atoms with E-state index >= 15 is 0 Å². The van der Waals surface area contributed by atoms with E-state index in [4.69, 9.17) is 11.6 Å². The molecule has 1 aromatic heterocycles. The summed E-state index contributed by atoms with van der Waals surface area (Å²) < 4.78 is 0. The van der Waals surface area contributed by atoms with Crippen LogP contribution in [0, 0.1) is 0 Å². The Morgan fingerprint density at radius 3 is 2.56 bits per heavy atom. The number of phenols is 1. The summed E-state index contributed by atoms with van der Waals surface area (Å²) in [6, 6.07) is 16.6. The van der Waals surface area contributed by atoms with Crippen molar-refractivity contribution in [3.8, 4) is 5.75 Å². The molecule has 4 rings (SSSR count). The second-order valence-electron chi connectivity index (χ2n) is 8.10. The molecule has 0 radical (unpaired) electrons. The maximum atomic E-state index is 12.8. The van der Waals surface area contributed by atoms with E-state index in [-0.39, 0.29) is 29.3 Å². The fraction of sp³-hybridized carbons (Fsp3) is 0.115. The van der Waals surface area contributed by atoms with E-state index in [1.54, 1.807) is 18.3 Å². The van der Waals surface area contributed by atoms with E-state index in [0.717, 1.165) is 22.0 Å². The number of aromatic nitrogens is 1. The number of carbonyl (C=O) groups excluding carboxylic acids is 2. The number of phenolic OH excluding ortho intramolecular Hbond substituents is 1. The van der Waals surface area contributed by atoms with Crippen molar-refractivity contribution in [2.75, 3.05) is 5.32 Å². The smallest absolute Gasteiger partial charge is 0.326 e. The van der Waals surface area contributed by atoms with Crippen molar-refractivity contribution in [2.24, 2.45) is 0 Å². The molecule has 3 aromatic carbocycles. The molecule has 0 unspecified atom stereocenters. The molecule has 9 nitrogen and oxygen atoms in total. The van der Waals surface area contributed by atoms with Gasteiger partial charge in [-0.05, 0) is 47.5 Å². The van der Waals surface area contributed by atoms with Gasteiger partial charge in [0.1, 0.15) is 11.8 Å². The number of urea groups is 1. The molecule has 0 spiro atoms. The molecule has 0 aliphatic carbocycles. The average molecular weight is 507 g/mol. The van der Waals surface area contributed by atoms with Crippen LogP contribution in [0.15, 0.2) is 72.9 Å². The first-order chi connectivity index (χ1) is 17.3. The summed E-state index contributed by atoms with van der Waals surface area (Å²) in [5.41, 5.74) is 2.78. The number of nitrogens with one attached hydrogen (secondary N) is 4. The van der Waals surface area contributed by atoms with Crippen molar-refractivity contribution in [1.29, 1.82) is 0 Å². The summed E-state index contributed by atoms with van der Waals surface area (Å²) in [5, 5.41) is 27.9. The van der Waals surface area contributed by atoms with Crippen molar-refractivity contribution in [1.82, 2.24) is 15.6 Å². The molecule has 0 fully saturated rings. The quantitative estimate of drug-likeness (QED) is 0.211. The fourth-order valence-corrected chi connectivity index (χ4v) is 4.02. The largest absolute Gasteiger partial charge is 0.508 e. The number of aliphatic carboxylic acids is 1. The van der Waals surface area contributed by atoms with E-state index < -0.39 is 23.9 Å². The monoisotopic (exact) mass is 506 g/mol. The number of halogens is 1. The van der Waals surface area contributed by atoms with Gasteiger partial charge in [0.05, 0.1) is 10.6 Å². The third kappa shape index (κ3) is 5.94. The zero-order valence-corrected chi connectivity index (χ0v) is 19.7. The Morgan fingerprint density at radius 1 is 1.00 bits per heavy atom. The topological polar surface area (TPSA) is 144 Å². The van der Waals surface area contributed by atoms with Crippen LogP contribution in [0.2, 0.25) is 5.02 Å². The lowest BCUT2D eigenvalue weighted by molar-refractivity contribution is -0.139. The highest BCUT2D eigenvalue weighted by atomic mass is 35.5. The summed E-state index contributed by atoms with van der Waals surface area (Å²) in [7, 11) is 0. The highest BCUT2D eigenvalue weighted by molar-refractivity contribution is 6.34. The van der Waals surface area contributed by atoms with Crippen molar-refractivity contribution in [3.05, 3.63) is 94.6 Å². The predicted octanol–water partition coefficient (Wildman–Crippen LogP) is 4.27. The van der Waals surface area contributed by atoms with Crippen molar-refractivity contribution < 1.29 is 24.6 Å². The normalized spacial score (nSPS) is 11.6. The van der Waals surface area contributed by atoms with Gasteiger partial charge in [0.25, 0.3) is 5.91 Å². The van der Waals surface area contributed by atoms with Crippen molar-refractivity contribution >= 4 is 46.1 Å². The molecule has 1 atom stereocenters. The molecule has 3 amide bonds. The van der Waals surface area contributed by atoms with E-state index in [2.05, 4.69) is 20.9 Å². The first-order valence-corrected chi connectivity index (χ1v) is 11.4. The maximum Gasteiger partial charge on any atom is 0.326 e. The number of carbonyl (C=O) groups is 3. The van der Waals surface area contributed by atoms with Crippen molar-refractivity contribution in [3.63, 3.8) is 0 Å². The van der Waals surface area contributed by atoms with Crippen LogP contribution in [0.4, 0.5) is 10.5 Å². The Balaban J connectivity index is 1.38. The molecule has 36 heavy (non-hydrogen) atoms. The third-order valence-corrected chi connectivity index (χ3v) is 5.85. The average Bonchev–Trinajstić information content (AvgIpc) is 3.25. The van der Waals surface area contributed by atoms with Gasteiger partial charge in [-0.3, -0.25) is 4.79 Å². The molecule has 0 bridgehead atoms. The number of benzene rings is 3. The summed E-state index contributed by atoms with van der Waals surface area (Å²) in [4.78, 5) is 39.9. The molecule has 6 N–H and O–H groups in total. The molecule has 0 saturated carbocycles. The molecular formula is C26H23ClN4O5. The van der Waals surface area contributed by atoms with Gasteiger partial charge < -0.3 is 31.1 Å². The summed E-state index contributed by atoms with van der Waals surface area (Å²) in [6.45, 7) is 0.196. The van der Waals surface area contributed by atoms with E-state index in [1.807, 2.05) is 24.3 Å². The maximum absolute atomic E-state index is 12.8. The Hall–Kier alpha value is -4.50. The van der Waals surface area contributed by atoms with Gasteiger partial charge >= 0.3 is 12.0 Å². The SMILES string of the molecule is O=C(NCc1cccc(O)c1)Nc1ccc(C(=O)N[C@@H](Cc2c[nH]c3ccccc23)C(=O)O)c(Cl)c1. The van der Waals surface area contributed by atoms with Gasteiger partial charge in [0.15, 0.2) is 0 Å². The second kappa shape index (κ2) is 10.8. The van der Waals surface area contributed by atoms with Crippen LogP contribution in [0.25, 0.3) is 10.9 Å². The standard InChI is InChI=1S/C26H23ClN4O5/c27-21-12-17(30-26(36)29-13-15-4-3-5-18(32)10-15)8-9-20(21)24(33)31-23(25(34)35)11-16-14-28-22-7-2-1-6-19(16)22/h1-10,12,14,23,28,32H,11,13H2,(H,31,33)(H,34,35)(H2,29,30,36)/t23-/m0/s1. The second-order valence-corrected chi connectivity index (χ2v) is 8.51. The summed E-state index contributed by atoms with van der Waals surface area (Å²) in [6.07, 6.45) is 1.81. The lowest BCUT2D eigenvalue weighted by atomic mass is 10.0. The Labute approximate surface area is 211 Å². The molecule has 0 aliphatic heterocycles. The molecule has 0 saturated heterocycles. The summed E-state index contributed by atoms with van der Waals surface area (Å²) in [5.74, 6) is -1.72. The third-order valence-electron chi connectivity index (χ3n) is 5.54. The molecular weight excluding hydrogens is 484 g/mol. The minimum absolute atomic E-state index is 0.0505. The number of H-pyrrole nitrogens is 1. The zero-order chi connectivity index (χ0) is 25.7.